The molecule has 0 aliphatic heterocycles. The minimum atomic E-state index is -0.241. The van der Waals surface area contributed by atoms with Gasteiger partial charge in [0.2, 0.25) is 5.91 Å². The summed E-state index contributed by atoms with van der Waals surface area (Å²) in [5.41, 5.74) is 1.16. The summed E-state index contributed by atoms with van der Waals surface area (Å²) in [5.74, 6) is -0.0210. The van der Waals surface area contributed by atoms with Gasteiger partial charge < -0.3 is 10.1 Å². The fourth-order valence-corrected chi connectivity index (χ4v) is 4.30. The van der Waals surface area contributed by atoms with Gasteiger partial charge in [-0.15, -0.1) is 11.3 Å². The van der Waals surface area contributed by atoms with Gasteiger partial charge in [-0.2, -0.15) is 0 Å². The number of amides is 1. The Bertz CT molecular complexity index is 852. The second kappa shape index (κ2) is 8.42. The van der Waals surface area contributed by atoms with Crippen molar-refractivity contribution in [2.75, 3.05) is 20.3 Å². The molecule has 1 N–H and O–H groups in total. The van der Waals surface area contributed by atoms with Crippen molar-refractivity contribution >= 4 is 39.2 Å². The number of nitrogens with zero attached hydrogens (tertiary/aromatic N) is 2. The van der Waals surface area contributed by atoms with Gasteiger partial charge in [0, 0.05) is 23.9 Å². The molecule has 0 bridgehead atoms. The lowest BCUT2D eigenvalue weighted by Crippen LogP contribution is -2.33. The molecule has 25 heavy (non-hydrogen) atoms. The van der Waals surface area contributed by atoms with Crippen molar-refractivity contribution in [1.29, 1.82) is 0 Å². The quantitative estimate of drug-likeness (QED) is 0.389. The van der Waals surface area contributed by atoms with Crippen LogP contribution in [-0.2, 0) is 9.53 Å². The first-order chi connectivity index (χ1) is 12.2. The maximum atomic E-state index is 12.2. The Kier molecular flexibility index (Phi) is 6.01. The highest BCUT2D eigenvalue weighted by molar-refractivity contribution is 8.00. The molecule has 0 aliphatic carbocycles. The molecule has 3 aromatic rings. The van der Waals surface area contributed by atoms with Crippen molar-refractivity contribution < 1.29 is 9.53 Å². The fraction of sp³-hybridized carbons (Fsp3) is 0.278. The molecular formula is C18H19N3O2S2. The molecule has 0 saturated carbocycles. The molecular weight excluding hydrogens is 354 g/mol. The van der Waals surface area contributed by atoms with Gasteiger partial charge >= 0.3 is 0 Å². The van der Waals surface area contributed by atoms with Crippen LogP contribution in [0.3, 0.4) is 0 Å². The zero-order valence-corrected chi connectivity index (χ0v) is 15.7. The molecule has 1 aromatic carbocycles. The summed E-state index contributed by atoms with van der Waals surface area (Å²) >= 11 is 3.09. The van der Waals surface area contributed by atoms with Crippen LogP contribution in [0.1, 0.15) is 6.92 Å². The van der Waals surface area contributed by atoms with Crippen LogP contribution in [0.2, 0.25) is 0 Å². The summed E-state index contributed by atoms with van der Waals surface area (Å²) in [5, 5.41) is 4.44. The van der Waals surface area contributed by atoms with Crippen LogP contribution >= 0.6 is 23.1 Å². The first-order valence-corrected chi connectivity index (χ1v) is 9.62. The fourth-order valence-electron chi connectivity index (χ4n) is 2.31. The van der Waals surface area contributed by atoms with Gasteiger partial charge in [0.25, 0.3) is 0 Å². The van der Waals surface area contributed by atoms with Crippen LogP contribution < -0.4 is 5.32 Å². The summed E-state index contributed by atoms with van der Waals surface area (Å²) in [6, 6.07) is 12.3. The number of nitrogens with one attached hydrogen (secondary N) is 1. The molecule has 0 spiro atoms. The predicted molar refractivity (Wildman–Crippen MR) is 103 cm³/mol. The lowest BCUT2D eigenvalue weighted by molar-refractivity contribution is -0.120. The Balaban J connectivity index is 1.80. The molecule has 0 aliphatic rings. The monoisotopic (exact) mass is 373 g/mol. The average molecular weight is 374 g/mol. The average Bonchev–Trinajstić information content (AvgIpc) is 3.08. The Labute approximate surface area is 154 Å². The predicted octanol–water partition coefficient (Wildman–Crippen LogP) is 3.60. The summed E-state index contributed by atoms with van der Waals surface area (Å²) < 4.78 is 4.95. The molecule has 0 saturated heterocycles. The largest absolute Gasteiger partial charge is 0.383 e. The van der Waals surface area contributed by atoms with Crippen LogP contribution in [0.15, 0.2) is 47.8 Å². The zero-order valence-electron chi connectivity index (χ0n) is 14.1. The number of thiophene rings is 1. The van der Waals surface area contributed by atoms with E-state index < -0.39 is 0 Å². The van der Waals surface area contributed by atoms with Crippen molar-refractivity contribution in [3.8, 4) is 10.4 Å². The third kappa shape index (κ3) is 4.36. The maximum absolute atomic E-state index is 12.2. The summed E-state index contributed by atoms with van der Waals surface area (Å²) in [7, 11) is 1.61. The van der Waals surface area contributed by atoms with E-state index in [0.29, 0.717) is 13.2 Å². The lowest BCUT2D eigenvalue weighted by Gasteiger charge is -2.11. The minimum Gasteiger partial charge on any atom is -0.383 e. The molecule has 0 radical (unpaired) electrons. The van der Waals surface area contributed by atoms with E-state index in [0.717, 1.165) is 25.7 Å². The Morgan fingerprint density at radius 1 is 1.32 bits per heavy atom. The number of benzene rings is 1. The number of thioether (sulfide) groups is 1. The van der Waals surface area contributed by atoms with E-state index in [4.69, 9.17) is 4.74 Å². The Hall–Kier alpha value is -1.96. The van der Waals surface area contributed by atoms with Crippen molar-refractivity contribution in [3.63, 3.8) is 0 Å². The highest BCUT2D eigenvalue weighted by atomic mass is 32.2. The topological polar surface area (TPSA) is 64.1 Å². The van der Waals surface area contributed by atoms with Crippen molar-refractivity contribution in [2.24, 2.45) is 0 Å². The SMILES string of the molecule is COCCNC(=O)[C@H](C)Sc1ncnc2sc(-c3ccccc3)cc12. The number of fused-ring (bicyclic) bond motifs is 1. The summed E-state index contributed by atoms with van der Waals surface area (Å²) in [6.07, 6.45) is 1.56. The van der Waals surface area contributed by atoms with Crippen molar-refractivity contribution in [2.45, 2.75) is 17.2 Å². The van der Waals surface area contributed by atoms with Crippen LogP contribution in [0.5, 0.6) is 0 Å². The molecule has 130 valence electrons. The van der Waals surface area contributed by atoms with E-state index in [1.165, 1.54) is 11.8 Å². The Morgan fingerprint density at radius 2 is 2.12 bits per heavy atom. The van der Waals surface area contributed by atoms with E-state index in [-0.39, 0.29) is 11.2 Å². The maximum Gasteiger partial charge on any atom is 0.233 e. The first-order valence-electron chi connectivity index (χ1n) is 7.92. The van der Waals surface area contributed by atoms with Crippen LogP contribution in [0.4, 0.5) is 0 Å². The van der Waals surface area contributed by atoms with Gasteiger partial charge in [-0.05, 0) is 18.6 Å². The van der Waals surface area contributed by atoms with Crippen LogP contribution in [0, 0.1) is 0 Å². The third-order valence-corrected chi connectivity index (χ3v) is 5.82. The summed E-state index contributed by atoms with van der Waals surface area (Å²) in [4.78, 5) is 23.0. The highest BCUT2D eigenvalue weighted by Gasteiger charge is 2.18. The molecule has 3 rings (SSSR count). The number of methoxy groups -OCH3 is 1. The van der Waals surface area contributed by atoms with E-state index >= 15 is 0 Å². The summed E-state index contributed by atoms with van der Waals surface area (Å²) in [6.45, 7) is 2.90. The van der Waals surface area contributed by atoms with Crippen LogP contribution in [0.25, 0.3) is 20.7 Å². The minimum absolute atomic E-state index is 0.0210. The number of hydrogen-bond donors (Lipinski definition) is 1. The number of aromatic nitrogens is 2. The van der Waals surface area contributed by atoms with Gasteiger partial charge in [-0.3, -0.25) is 4.79 Å². The number of carbonyl (C=O) groups excluding carboxylic acids is 1. The number of carbonyl (C=O) groups is 1. The molecule has 5 nitrogen and oxygen atoms in total. The van der Waals surface area contributed by atoms with Gasteiger partial charge in [0.1, 0.15) is 16.2 Å². The van der Waals surface area contributed by atoms with Crippen molar-refractivity contribution in [1.82, 2.24) is 15.3 Å². The normalized spacial score (nSPS) is 12.2. The van der Waals surface area contributed by atoms with Gasteiger partial charge in [-0.25, -0.2) is 9.97 Å². The molecule has 1 amide bonds. The van der Waals surface area contributed by atoms with Gasteiger partial charge in [0.15, 0.2) is 0 Å². The van der Waals surface area contributed by atoms with Crippen molar-refractivity contribution in [3.05, 3.63) is 42.7 Å². The Morgan fingerprint density at radius 3 is 2.88 bits per heavy atom. The third-order valence-electron chi connectivity index (χ3n) is 3.61. The van der Waals surface area contributed by atoms with E-state index in [2.05, 4.69) is 33.5 Å². The smallest absolute Gasteiger partial charge is 0.233 e. The first kappa shape index (κ1) is 17.8. The molecule has 2 heterocycles. The molecule has 1 atom stereocenters. The number of ether oxygens (including phenoxy) is 1. The van der Waals surface area contributed by atoms with E-state index in [1.54, 1.807) is 24.8 Å². The second-order valence-electron chi connectivity index (χ2n) is 5.42. The van der Waals surface area contributed by atoms with E-state index in [9.17, 15) is 4.79 Å². The molecule has 0 unspecified atom stereocenters. The molecule has 0 fully saturated rings. The zero-order chi connectivity index (χ0) is 17.6. The van der Waals surface area contributed by atoms with Gasteiger partial charge in [-0.1, -0.05) is 42.1 Å². The number of rotatable bonds is 7. The van der Waals surface area contributed by atoms with Crippen LogP contribution in [-0.4, -0.2) is 41.4 Å². The highest BCUT2D eigenvalue weighted by Crippen LogP contribution is 2.37. The molecule has 7 heteroatoms. The standard InChI is InChI=1S/C18H19N3O2S2/c1-12(16(22)19-8-9-23-2)24-17-14-10-15(13-6-4-3-5-7-13)25-18(14)21-11-20-17/h3-7,10-12H,8-9H2,1-2H3,(H,19,22)/t12-/m0/s1. The van der Waals surface area contributed by atoms with Gasteiger partial charge in [0.05, 0.1) is 11.9 Å². The lowest BCUT2D eigenvalue weighted by atomic mass is 10.2. The molecule has 2 aromatic heterocycles. The second-order valence-corrected chi connectivity index (χ2v) is 7.78. The number of hydrogen-bond acceptors (Lipinski definition) is 6. The van der Waals surface area contributed by atoms with E-state index in [1.807, 2.05) is 25.1 Å².